The van der Waals surface area contributed by atoms with Gasteiger partial charge >= 0.3 is 0 Å². The molecule has 74 valence electrons. The third kappa shape index (κ3) is 1.53. The molecule has 1 heteroatoms. The van der Waals surface area contributed by atoms with Crippen LogP contribution in [0.5, 0.6) is 0 Å². The van der Waals surface area contributed by atoms with Gasteiger partial charge < -0.3 is 0 Å². The van der Waals surface area contributed by atoms with Crippen molar-refractivity contribution in [1.29, 1.82) is 0 Å². The number of carbonyl (C=O) groups is 1. The van der Waals surface area contributed by atoms with Crippen molar-refractivity contribution in [3.05, 3.63) is 0 Å². The minimum Gasteiger partial charge on any atom is -0.299 e. The Morgan fingerprint density at radius 2 is 2.15 bits per heavy atom. The van der Waals surface area contributed by atoms with Gasteiger partial charge in [-0.05, 0) is 37.0 Å². The number of hydrogen-bond donors (Lipinski definition) is 0. The Bertz CT molecular complexity index is 236. The first kappa shape index (κ1) is 9.23. The second-order valence-electron chi connectivity index (χ2n) is 6.25. The molecule has 0 aromatic rings. The molecule has 0 heterocycles. The molecular formula is C12H20O. The summed E-state index contributed by atoms with van der Waals surface area (Å²) in [6.07, 6.45) is 5.67. The molecule has 13 heavy (non-hydrogen) atoms. The van der Waals surface area contributed by atoms with Crippen molar-refractivity contribution >= 4 is 5.78 Å². The normalized spacial score (nSPS) is 38.7. The van der Waals surface area contributed by atoms with E-state index in [1.807, 2.05) is 0 Å². The minimum atomic E-state index is 0.114. The summed E-state index contributed by atoms with van der Waals surface area (Å²) in [6, 6.07) is 0. The van der Waals surface area contributed by atoms with Crippen LogP contribution >= 0.6 is 0 Å². The zero-order chi connectivity index (χ0) is 9.69. The van der Waals surface area contributed by atoms with E-state index in [2.05, 4.69) is 20.8 Å². The summed E-state index contributed by atoms with van der Waals surface area (Å²) in [4.78, 5) is 11.8. The maximum absolute atomic E-state index is 11.8. The summed E-state index contributed by atoms with van der Waals surface area (Å²) in [5.41, 5.74) is 0.428. The molecule has 2 saturated carbocycles. The quantitative estimate of drug-likeness (QED) is 0.605. The lowest BCUT2D eigenvalue weighted by Gasteiger charge is -2.32. The predicted molar refractivity (Wildman–Crippen MR) is 53.5 cm³/mol. The fraction of sp³-hybridized carbons (Fsp3) is 0.917. The lowest BCUT2D eigenvalue weighted by atomic mass is 9.71. The van der Waals surface area contributed by atoms with Gasteiger partial charge in [0, 0.05) is 11.8 Å². The Balaban J connectivity index is 2.16. The van der Waals surface area contributed by atoms with E-state index in [-0.39, 0.29) is 5.41 Å². The molecule has 0 saturated heterocycles. The van der Waals surface area contributed by atoms with Gasteiger partial charge in [-0.3, -0.25) is 4.79 Å². The van der Waals surface area contributed by atoms with Gasteiger partial charge in [-0.2, -0.15) is 0 Å². The molecule has 2 aliphatic rings. The zero-order valence-electron chi connectivity index (χ0n) is 9.02. The summed E-state index contributed by atoms with van der Waals surface area (Å²) in [7, 11) is 0. The van der Waals surface area contributed by atoms with Crippen molar-refractivity contribution in [2.45, 2.75) is 52.9 Å². The van der Waals surface area contributed by atoms with Gasteiger partial charge in [0.2, 0.25) is 0 Å². The molecule has 0 aliphatic heterocycles. The van der Waals surface area contributed by atoms with E-state index in [1.54, 1.807) is 0 Å². The van der Waals surface area contributed by atoms with Crippen LogP contribution < -0.4 is 0 Å². The summed E-state index contributed by atoms with van der Waals surface area (Å²) >= 11 is 0. The monoisotopic (exact) mass is 180 g/mol. The zero-order valence-corrected chi connectivity index (χ0v) is 9.02. The Labute approximate surface area is 80.9 Å². The molecule has 0 N–H and O–H groups in total. The fourth-order valence-corrected chi connectivity index (χ4v) is 3.42. The molecule has 1 nitrogen and oxygen atoms in total. The lowest BCUT2D eigenvalue weighted by Crippen LogP contribution is -2.30. The number of rotatable bonds is 1. The molecule has 0 amide bonds. The van der Waals surface area contributed by atoms with Crippen LogP contribution in [0.2, 0.25) is 0 Å². The number of ketones is 1. The van der Waals surface area contributed by atoms with Crippen LogP contribution in [0, 0.1) is 16.7 Å². The van der Waals surface area contributed by atoms with E-state index in [0.29, 0.717) is 11.2 Å². The highest BCUT2D eigenvalue weighted by molar-refractivity contribution is 5.88. The molecule has 2 rings (SSSR count). The second-order valence-corrected chi connectivity index (χ2v) is 6.25. The lowest BCUT2D eigenvalue weighted by molar-refractivity contribution is -0.128. The smallest absolute Gasteiger partial charge is 0.139 e. The van der Waals surface area contributed by atoms with E-state index in [1.165, 1.54) is 19.3 Å². The fourth-order valence-electron chi connectivity index (χ4n) is 3.42. The van der Waals surface area contributed by atoms with Gasteiger partial charge in [-0.15, -0.1) is 0 Å². The SMILES string of the molecule is CC(C)(C)CC12CCC(CC1=O)C2. The highest BCUT2D eigenvalue weighted by atomic mass is 16.1. The van der Waals surface area contributed by atoms with Gasteiger partial charge in [0.25, 0.3) is 0 Å². The average Bonchev–Trinajstić information content (AvgIpc) is 2.39. The topological polar surface area (TPSA) is 17.1 Å². The summed E-state index contributed by atoms with van der Waals surface area (Å²) < 4.78 is 0. The molecule has 2 bridgehead atoms. The first-order valence-corrected chi connectivity index (χ1v) is 5.45. The molecule has 2 aliphatic carbocycles. The standard InChI is InChI=1S/C12H20O/c1-11(2,3)8-12-5-4-9(7-12)6-10(12)13/h9H,4-8H2,1-3H3. The van der Waals surface area contributed by atoms with Crippen molar-refractivity contribution in [3.63, 3.8) is 0 Å². The van der Waals surface area contributed by atoms with Gasteiger partial charge in [0.1, 0.15) is 5.78 Å². The molecule has 0 spiro atoms. The van der Waals surface area contributed by atoms with Crippen LogP contribution in [0.25, 0.3) is 0 Å². The van der Waals surface area contributed by atoms with Crippen LogP contribution in [0.3, 0.4) is 0 Å². The number of Topliss-reactive ketones (excluding diaryl/α,β-unsaturated/α-hetero) is 1. The maximum atomic E-state index is 11.8. The van der Waals surface area contributed by atoms with Crippen molar-refractivity contribution in [1.82, 2.24) is 0 Å². The molecule has 0 aromatic heterocycles. The van der Waals surface area contributed by atoms with Gasteiger partial charge in [0.05, 0.1) is 0 Å². The van der Waals surface area contributed by atoms with E-state index in [0.717, 1.165) is 18.8 Å². The van der Waals surface area contributed by atoms with E-state index in [9.17, 15) is 4.79 Å². The number of hydrogen-bond acceptors (Lipinski definition) is 1. The average molecular weight is 180 g/mol. The first-order chi connectivity index (χ1) is 5.91. The van der Waals surface area contributed by atoms with Crippen molar-refractivity contribution in [2.75, 3.05) is 0 Å². The molecule has 0 aromatic carbocycles. The Morgan fingerprint density at radius 3 is 2.54 bits per heavy atom. The summed E-state index contributed by atoms with van der Waals surface area (Å²) in [5, 5.41) is 0. The minimum absolute atomic E-state index is 0.114. The van der Waals surface area contributed by atoms with Crippen molar-refractivity contribution in [3.8, 4) is 0 Å². The summed E-state index contributed by atoms with van der Waals surface area (Å²) in [5.74, 6) is 1.31. The van der Waals surface area contributed by atoms with Crippen LogP contribution in [-0.2, 0) is 4.79 Å². The predicted octanol–water partition coefficient (Wildman–Crippen LogP) is 3.18. The Morgan fingerprint density at radius 1 is 1.46 bits per heavy atom. The Hall–Kier alpha value is -0.330. The molecule has 2 fully saturated rings. The first-order valence-electron chi connectivity index (χ1n) is 5.45. The maximum Gasteiger partial charge on any atom is 0.139 e. The van der Waals surface area contributed by atoms with Crippen LogP contribution in [0.15, 0.2) is 0 Å². The van der Waals surface area contributed by atoms with Gasteiger partial charge in [0.15, 0.2) is 0 Å². The number of fused-ring (bicyclic) bond motifs is 2. The molecule has 2 atom stereocenters. The molecule has 0 radical (unpaired) electrons. The van der Waals surface area contributed by atoms with Crippen LogP contribution in [-0.4, -0.2) is 5.78 Å². The van der Waals surface area contributed by atoms with E-state index in [4.69, 9.17) is 0 Å². The van der Waals surface area contributed by atoms with Crippen LogP contribution in [0.1, 0.15) is 52.9 Å². The second kappa shape index (κ2) is 2.59. The van der Waals surface area contributed by atoms with Gasteiger partial charge in [-0.25, -0.2) is 0 Å². The van der Waals surface area contributed by atoms with E-state index >= 15 is 0 Å². The Kier molecular flexibility index (Phi) is 1.84. The van der Waals surface area contributed by atoms with Crippen molar-refractivity contribution < 1.29 is 4.79 Å². The van der Waals surface area contributed by atoms with E-state index < -0.39 is 0 Å². The van der Waals surface area contributed by atoms with Gasteiger partial charge in [-0.1, -0.05) is 20.8 Å². The molecular weight excluding hydrogens is 160 g/mol. The highest BCUT2D eigenvalue weighted by Gasteiger charge is 2.52. The summed E-state index contributed by atoms with van der Waals surface area (Å²) in [6.45, 7) is 6.75. The third-order valence-electron chi connectivity index (χ3n) is 3.64. The molecule has 2 unspecified atom stereocenters. The highest BCUT2D eigenvalue weighted by Crippen LogP contribution is 2.56. The third-order valence-corrected chi connectivity index (χ3v) is 3.64. The van der Waals surface area contributed by atoms with Crippen LogP contribution in [0.4, 0.5) is 0 Å². The van der Waals surface area contributed by atoms with Crippen molar-refractivity contribution in [2.24, 2.45) is 16.7 Å². The number of carbonyl (C=O) groups excluding carboxylic acids is 1. The largest absolute Gasteiger partial charge is 0.299 e.